The van der Waals surface area contributed by atoms with Crippen molar-refractivity contribution in [3.05, 3.63) is 24.8 Å². The molecule has 0 spiro atoms. The number of halogens is 2. The fraction of sp³-hybridized carbons (Fsp3) is 0.500. The molecular formula is C14H16I2O4. The first-order valence-corrected chi connectivity index (χ1v) is 8.72. The summed E-state index contributed by atoms with van der Waals surface area (Å²) in [5.74, 6) is 0.481. The van der Waals surface area contributed by atoms with Gasteiger partial charge in [-0.3, -0.25) is 0 Å². The first-order chi connectivity index (χ1) is 9.61. The summed E-state index contributed by atoms with van der Waals surface area (Å²) in [5.41, 5.74) is 0.553. The van der Waals surface area contributed by atoms with Gasteiger partial charge in [-0.15, -0.1) is 0 Å². The smallest absolute Gasteiger partial charge is 0.338 e. The molecule has 4 nitrogen and oxygen atoms in total. The van der Waals surface area contributed by atoms with Crippen LogP contribution in [0.25, 0.3) is 0 Å². The molecule has 110 valence electrons. The zero-order valence-electron chi connectivity index (χ0n) is 11.2. The van der Waals surface area contributed by atoms with Crippen LogP contribution >= 0.6 is 45.2 Å². The molecule has 1 heterocycles. The molecule has 2 rings (SSSR count). The van der Waals surface area contributed by atoms with Crippen LogP contribution in [0.2, 0.25) is 0 Å². The van der Waals surface area contributed by atoms with Crippen LogP contribution in [0.3, 0.4) is 0 Å². The van der Waals surface area contributed by atoms with Crippen molar-refractivity contribution in [3.8, 4) is 5.75 Å². The molecule has 1 aromatic carbocycles. The van der Waals surface area contributed by atoms with E-state index in [-0.39, 0.29) is 12.3 Å². The minimum Gasteiger partial charge on any atom is -0.463 e. The number of hydrogen-bond donors (Lipinski definition) is 0. The molecule has 0 bridgehead atoms. The maximum atomic E-state index is 11.8. The lowest BCUT2D eigenvalue weighted by Crippen LogP contribution is -2.25. The summed E-state index contributed by atoms with van der Waals surface area (Å²) < 4.78 is 18.3. The Morgan fingerprint density at radius 1 is 1.35 bits per heavy atom. The van der Waals surface area contributed by atoms with Crippen LogP contribution in [0.4, 0.5) is 0 Å². The van der Waals surface area contributed by atoms with Gasteiger partial charge in [0, 0.05) is 6.42 Å². The van der Waals surface area contributed by atoms with Crippen molar-refractivity contribution in [3.63, 3.8) is 0 Å². The number of benzene rings is 1. The third kappa shape index (κ3) is 4.20. The van der Waals surface area contributed by atoms with E-state index in [1.165, 1.54) is 0 Å². The van der Waals surface area contributed by atoms with E-state index in [2.05, 4.69) is 45.2 Å². The number of ether oxygens (including phenoxy) is 3. The summed E-state index contributed by atoms with van der Waals surface area (Å²) in [6.07, 6.45) is 2.94. The van der Waals surface area contributed by atoms with Crippen molar-refractivity contribution in [2.24, 2.45) is 0 Å². The second-order valence-corrected chi connectivity index (χ2v) is 6.73. The zero-order chi connectivity index (χ0) is 14.5. The average molecular weight is 502 g/mol. The second kappa shape index (κ2) is 7.79. The Hall–Kier alpha value is -0.0900. The third-order valence-corrected chi connectivity index (χ3v) is 4.50. The van der Waals surface area contributed by atoms with Gasteiger partial charge in [-0.2, -0.15) is 0 Å². The molecule has 1 atom stereocenters. The lowest BCUT2D eigenvalue weighted by molar-refractivity contribution is -0.106. The molecule has 1 saturated heterocycles. The third-order valence-electron chi connectivity index (χ3n) is 2.90. The van der Waals surface area contributed by atoms with E-state index in [9.17, 15) is 4.79 Å². The maximum Gasteiger partial charge on any atom is 0.338 e. The van der Waals surface area contributed by atoms with Gasteiger partial charge in [-0.05, 0) is 77.1 Å². The Kier molecular flexibility index (Phi) is 6.34. The molecule has 6 heteroatoms. The van der Waals surface area contributed by atoms with Crippen LogP contribution in [0.1, 0.15) is 36.5 Å². The Bertz CT molecular complexity index is 461. The number of carbonyl (C=O) groups is 1. The fourth-order valence-corrected chi connectivity index (χ4v) is 3.96. The zero-order valence-corrected chi connectivity index (χ0v) is 15.5. The van der Waals surface area contributed by atoms with Crippen molar-refractivity contribution in [2.75, 3.05) is 13.2 Å². The molecule has 0 aliphatic carbocycles. The quantitative estimate of drug-likeness (QED) is 0.462. The summed E-state index contributed by atoms with van der Waals surface area (Å²) in [5, 5.41) is 0. The lowest BCUT2D eigenvalue weighted by atomic mass is 10.2. The number of esters is 1. The molecule has 1 aliphatic heterocycles. The molecule has 0 amide bonds. The van der Waals surface area contributed by atoms with Crippen molar-refractivity contribution in [1.82, 2.24) is 0 Å². The summed E-state index contributed by atoms with van der Waals surface area (Å²) in [6, 6.07) is 3.58. The molecule has 1 unspecified atom stereocenters. The molecule has 20 heavy (non-hydrogen) atoms. The summed E-state index contributed by atoms with van der Waals surface area (Å²) in [6.45, 7) is 2.92. The van der Waals surface area contributed by atoms with Gasteiger partial charge < -0.3 is 14.2 Å². The monoisotopic (exact) mass is 502 g/mol. The van der Waals surface area contributed by atoms with E-state index in [0.717, 1.165) is 38.8 Å². The van der Waals surface area contributed by atoms with Gasteiger partial charge in [0.25, 0.3) is 0 Å². The molecule has 1 aromatic rings. The van der Waals surface area contributed by atoms with Crippen LogP contribution in [0.15, 0.2) is 12.1 Å². The van der Waals surface area contributed by atoms with Crippen LogP contribution in [-0.2, 0) is 9.47 Å². The predicted octanol–water partition coefficient (Wildman–Crippen LogP) is 3.98. The molecule has 1 fully saturated rings. The normalized spacial score (nSPS) is 18.6. The summed E-state index contributed by atoms with van der Waals surface area (Å²) >= 11 is 4.35. The first-order valence-electron chi connectivity index (χ1n) is 6.56. The highest BCUT2D eigenvalue weighted by molar-refractivity contribution is 14.1. The molecule has 0 radical (unpaired) electrons. The molecular weight excluding hydrogens is 486 g/mol. The van der Waals surface area contributed by atoms with Gasteiger partial charge >= 0.3 is 5.97 Å². The minimum atomic E-state index is -0.302. The van der Waals surface area contributed by atoms with E-state index in [4.69, 9.17) is 14.2 Å². The predicted molar refractivity (Wildman–Crippen MR) is 92.1 cm³/mol. The SMILES string of the molecule is CCOC(=O)c1cc(I)c(OC2CCCCO2)c(I)c1. The van der Waals surface area contributed by atoms with Crippen LogP contribution in [0, 0.1) is 7.14 Å². The minimum absolute atomic E-state index is 0.181. The van der Waals surface area contributed by atoms with Crippen molar-refractivity contribution in [1.29, 1.82) is 0 Å². The number of carbonyl (C=O) groups excluding carboxylic acids is 1. The fourth-order valence-electron chi connectivity index (χ4n) is 1.94. The molecule has 0 N–H and O–H groups in total. The topological polar surface area (TPSA) is 44.8 Å². The number of hydrogen-bond acceptors (Lipinski definition) is 4. The standard InChI is InChI=1S/C14H16I2O4/c1-2-18-14(17)9-7-10(15)13(11(16)8-9)20-12-5-3-4-6-19-12/h7-8,12H,2-6H2,1H3. The first kappa shape index (κ1) is 16.3. The molecule has 0 saturated carbocycles. The van der Waals surface area contributed by atoms with E-state index >= 15 is 0 Å². The largest absolute Gasteiger partial charge is 0.463 e. The molecule has 1 aliphatic rings. The van der Waals surface area contributed by atoms with E-state index in [1.807, 2.05) is 0 Å². The maximum absolute atomic E-state index is 11.8. The van der Waals surface area contributed by atoms with Crippen LogP contribution < -0.4 is 4.74 Å². The van der Waals surface area contributed by atoms with Crippen LogP contribution in [-0.4, -0.2) is 25.5 Å². The van der Waals surface area contributed by atoms with E-state index < -0.39 is 0 Å². The molecule has 0 aromatic heterocycles. The van der Waals surface area contributed by atoms with Crippen LogP contribution in [0.5, 0.6) is 5.75 Å². The van der Waals surface area contributed by atoms with Gasteiger partial charge in [0.15, 0.2) is 6.29 Å². The van der Waals surface area contributed by atoms with Gasteiger partial charge in [0.2, 0.25) is 0 Å². The lowest BCUT2D eigenvalue weighted by Gasteiger charge is -2.24. The Morgan fingerprint density at radius 2 is 2.05 bits per heavy atom. The Balaban J connectivity index is 2.15. The highest BCUT2D eigenvalue weighted by Gasteiger charge is 2.20. The van der Waals surface area contributed by atoms with Crippen molar-refractivity contribution >= 4 is 51.2 Å². The highest BCUT2D eigenvalue weighted by Crippen LogP contribution is 2.31. The van der Waals surface area contributed by atoms with Gasteiger partial charge in [-0.1, -0.05) is 0 Å². The van der Waals surface area contributed by atoms with E-state index in [0.29, 0.717) is 12.2 Å². The van der Waals surface area contributed by atoms with E-state index in [1.54, 1.807) is 19.1 Å². The average Bonchev–Trinajstić information content (AvgIpc) is 2.44. The summed E-state index contributed by atoms with van der Waals surface area (Å²) in [4.78, 5) is 11.8. The summed E-state index contributed by atoms with van der Waals surface area (Å²) in [7, 11) is 0. The second-order valence-electron chi connectivity index (χ2n) is 4.40. The van der Waals surface area contributed by atoms with Crippen molar-refractivity contribution in [2.45, 2.75) is 32.5 Å². The van der Waals surface area contributed by atoms with Gasteiger partial charge in [0.05, 0.1) is 25.9 Å². The Labute approximate surface area is 145 Å². The van der Waals surface area contributed by atoms with Crippen molar-refractivity contribution < 1.29 is 19.0 Å². The van der Waals surface area contributed by atoms with Gasteiger partial charge in [-0.25, -0.2) is 4.79 Å². The van der Waals surface area contributed by atoms with Gasteiger partial charge in [0.1, 0.15) is 5.75 Å². The Morgan fingerprint density at radius 3 is 2.60 bits per heavy atom. The highest BCUT2D eigenvalue weighted by atomic mass is 127. The number of rotatable bonds is 4.